The Hall–Kier alpha value is -1.31. The first-order valence-corrected chi connectivity index (χ1v) is 8.36. The minimum Gasteiger partial charge on any atom is -0.424 e. The zero-order chi connectivity index (χ0) is 15.5. The van der Waals surface area contributed by atoms with Crippen molar-refractivity contribution in [2.45, 2.75) is 38.6 Å². The summed E-state index contributed by atoms with van der Waals surface area (Å²) in [6.45, 7) is 4.53. The highest BCUT2D eigenvalue weighted by Gasteiger charge is 2.32. The number of rotatable bonds is 6. The number of alkyl halides is 1. The second kappa shape index (κ2) is 6.85. The zero-order valence-corrected chi connectivity index (χ0v) is 13.7. The van der Waals surface area contributed by atoms with Crippen LogP contribution in [0.2, 0.25) is 0 Å². The number of halogens is 1. The van der Waals surface area contributed by atoms with Crippen molar-refractivity contribution in [3.63, 3.8) is 0 Å². The van der Waals surface area contributed by atoms with Gasteiger partial charge in [-0.3, -0.25) is 9.80 Å². The van der Waals surface area contributed by atoms with E-state index < -0.39 is 6.17 Å². The number of aromatic nitrogens is 2. The first kappa shape index (κ1) is 15.6. The third-order valence-electron chi connectivity index (χ3n) is 3.91. The number of thiophene rings is 1. The Labute approximate surface area is 133 Å². The molecule has 0 unspecified atom stereocenters. The van der Waals surface area contributed by atoms with Gasteiger partial charge in [0.1, 0.15) is 6.17 Å². The Morgan fingerprint density at radius 3 is 3.05 bits per heavy atom. The monoisotopic (exact) mass is 324 g/mol. The summed E-state index contributed by atoms with van der Waals surface area (Å²) in [6.07, 6.45) is -0.137. The smallest absolute Gasteiger partial charge is 0.230 e. The summed E-state index contributed by atoms with van der Waals surface area (Å²) in [5, 5.41) is 9.91. The van der Waals surface area contributed by atoms with Crippen LogP contribution in [0.3, 0.4) is 0 Å². The molecule has 0 amide bonds. The number of nitrogens with zero attached hydrogens (tertiary/aromatic N) is 4. The van der Waals surface area contributed by atoms with Gasteiger partial charge in [0, 0.05) is 37.5 Å². The number of likely N-dealkylation sites (N-methyl/N-ethyl adjacent to an activating group) is 1. The minimum absolute atomic E-state index is 0.228. The van der Waals surface area contributed by atoms with Gasteiger partial charge in [-0.1, -0.05) is 6.07 Å². The lowest BCUT2D eigenvalue weighted by Gasteiger charge is -2.27. The van der Waals surface area contributed by atoms with Crippen LogP contribution in [0, 0.1) is 6.92 Å². The van der Waals surface area contributed by atoms with Crippen molar-refractivity contribution < 1.29 is 8.81 Å². The van der Waals surface area contributed by atoms with Gasteiger partial charge in [-0.25, -0.2) is 4.39 Å². The van der Waals surface area contributed by atoms with E-state index in [0.717, 1.165) is 13.1 Å². The third-order valence-corrected chi connectivity index (χ3v) is 4.77. The van der Waals surface area contributed by atoms with Crippen LogP contribution in [0.1, 0.15) is 23.1 Å². The molecule has 1 fully saturated rings. The van der Waals surface area contributed by atoms with Gasteiger partial charge < -0.3 is 4.42 Å². The first-order chi connectivity index (χ1) is 10.6. The van der Waals surface area contributed by atoms with Crippen LogP contribution in [-0.2, 0) is 13.1 Å². The molecule has 2 aromatic heterocycles. The Bertz CT molecular complexity index is 588. The standard InChI is InChI=1S/C15H21FN4OS/c1-11-17-18-15(21-11)10-19(2)8-13-6-12(16)7-20(13)9-14-4-3-5-22-14/h3-5,12-13H,6-10H2,1-2H3/t12-,13-/m0/s1. The second-order valence-corrected chi connectivity index (χ2v) is 6.94. The van der Waals surface area contributed by atoms with Crippen molar-refractivity contribution >= 4 is 11.3 Å². The van der Waals surface area contributed by atoms with E-state index >= 15 is 0 Å². The minimum atomic E-state index is -0.732. The van der Waals surface area contributed by atoms with Crippen LogP contribution >= 0.6 is 11.3 Å². The lowest BCUT2D eigenvalue weighted by atomic mass is 10.2. The summed E-state index contributed by atoms with van der Waals surface area (Å²) >= 11 is 1.73. The number of hydrogen-bond donors (Lipinski definition) is 0. The summed E-state index contributed by atoms with van der Waals surface area (Å²) in [6, 6.07) is 4.38. The molecular formula is C15H21FN4OS. The normalized spacial score (nSPS) is 22.7. The quantitative estimate of drug-likeness (QED) is 0.817. The molecule has 5 nitrogen and oxygen atoms in total. The molecule has 120 valence electrons. The molecule has 7 heteroatoms. The largest absolute Gasteiger partial charge is 0.424 e. The van der Waals surface area contributed by atoms with Gasteiger partial charge in [0.05, 0.1) is 6.54 Å². The molecule has 2 aromatic rings. The van der Waals surface area contributed by atoms with Crippen LogP contribution in [0.25, 0.3) is 0 Å². The number of hydrogen-bond acceptors (Lipinski definition) is 6. The van der Waals surface area contributed by atoms with Crippen LogP contribution < -0.4 is 0 Å². The Kier molecular flexibility index (Phi) is 4.85. The average molecular weight is 324 g/mol. The Balaban J connectivity index is 1.57. The van der Waals surface area contributed by atoms with E-state index in [2.05, 4.69) is 31.4 Å². The Morgan fingerprint density at radius 2 is 2.36 bits per heavy atom. The van der Waals surface area contributed by atoms with E-state index in [1.807, 2.05) is 13.1 Å². The average Bonchev–Trinajstić information content (AvgIpc) is 3.15. The molecule has 0 spiro atoms. The number of aryl methyl sites for hydroxylation is 1. The molecule has 3 rings (SSSR count). The van der Waals surface area contributed by atoms with Gasteiger partial charge in [0.15, 0.2) is 0 Å². The fourth-order valence-electron chi connectivity index (χ4n) is 2.97. The maximum absolute atomic E-state index is 13.8. The highest BCUT2D eigenvalue weighted by Crippen LogP contribution is 2.25. The maximum atomic E-state index is 13.8. The van der Waals surface area contributed by atoms with Gasteiger partial charge >= 0.3 is 0 Å². The molecule has 0 radical (unpaired) electrons. The predicted molar refractivity (Wildman–Crippen MR) is 83.4 cm³/mol. The van der Waals surface area contributed by atoms with Gasteiger partial charge in [0.25, 0.3) is 0 Å². The van der Waals surface area contributed by atoms with Crippen LogP contribution in [0.15, 0.2) is 21.9 Å². The maximum Gasteiger partial charge on any atom is 0.230 e. The SMILES string of the molecule is Cc1nnc(CN(C)C[C@@H]2C[C@H](F)CN2Cc2cccs2)o1. The molecule has 1 aliphatic rings. The van der Waals surface area contributed by atoms with Crippen molar-refractivity contribution in [2.24, 2.45) is 0 Å². The molecular weight excluding hydrogens is 303 g/mol. The molecule has 1 saturated heterocycles. The summed E-state index contributed by atoms with van der Waals surface area (Å²) in [7, 11) is 2.01. The fourth-order valence-corrected chi connectivity index (χ4v) is 3.69. The summed E-state index contributed by atoms with van der Waals surface area (Å²) in [4.78, 5) is 5.65. The van der Waals surface area contributed by atoms with E-state index in [1.54, 1.807) is 18.3 Å². The van der Waals surface area contributed by atoms with Crippen molar-refractivity contribution in [1.82, 2.24) is 20.0 Å². The zero-order valence-electron chi connectivity index (χ0n) is 12.9. The summed E-state index contributed by atoms with van der Waals surface area (Å²) < 4.78 is 19.2. The molecule has 0 aromatic carbocycles. The van der Waals surface area contributed by atoms with Crippen molar-refractivity contribution in [3.05, 3.63) is 34.2 Å². The van der Waals surface area contributed by atoms with E-state index in [9.17, 15) is 4.39 Å². The molecule has 22 heavy (non-hydrogen) atoms. The van der Waals surface area contributed by atoms with Crippen LogP contribution in [0.4, 0.5) is 4.39 Å². The van der Waals surface area contributed by atoms with E-state index in [4.69, 9.17) is 4.42 Å². The molecule has 2 atom stereocenters. The van der Waals surface area contributed by atoms with Gasteiger partial charge in [-0.15, -0.1) is 21.5 Å². The summed E-state index contributed by atoms with van der Waals surface area (Å²) in [5.74, 6) is 1.19. The molecule has 0 saturated carbocycles. The highest BCUT2D eigenvalue weighted by atomic mass is 32.1. The van der Waals surface area contributed by atoms with Crippen molar-refractivity contribution in [1.29, 1.82) is 0 Å². The fraction of sp³-hybridized carbons (Fsp3) is 0.600. The van der Waals surface area contributed by atoms with Crippen LogP contribution in [-0.4, -0.2) is 52.3 Å². The van der Waals surface area contributed by atoms with Gasteiger partial charge in [0.2, 0.25) is 11.8 Å². The lowest BCUT2D eigenvalue weighted by molar-refractivity contribution is 0.174. The van der Waals surface area contributed by atoms with E-state index in [1.165, 1.54) is 4.88 Å². The highest BCUT2D eigenvalue weighted by molar-refractivity contribution is 7.09. The summed E-state index contributed by atoms with van der Waals surface area (Å²) in [5.41, 5.74) is 0. The first-order valence-electron chi connectivity index (χ1n) is 7.48. The van der Waals surface area contributed by atoms with Gasteiger partial charge in [-0.2, -0.15) is 0 Å². The molecule has 0 N–H and O–H groups in total. The third kappa shape index (κ3) is 3.91. The predicted octanol–water partition coefficient (Wildman–Crippen LogP) is 2.48. The lowest BCUT2D eigenvalue weighted by Crippen LogP contribution is -2.38. The topological polar surface area (TPSA) is 45.4 Å². The molecule has 0 bridgehead atoms. The Morgan fingerprint density at radius 1 is 1.50 bits per heavy atom. The second-order valence-electron chi connectivity index (χ2n) is 5.91. The van der Waals surface area contributed by atoms with Crippen LogP contribution in [0.5, 0.6) is 0 Å². The van der Waals surface area contributed by atoms with Gasteiger partial charge in [-0.05, 0) is 24.9 Å². The molecule has 1 aliphatic heterocycles. The van der Waals surface area contributed by atoms with Crippen molar-refractivity contribution in [3.8, 4) is 0 Å². The van der Waals surface area contributed by atoms with E-state index in [-0.39, 0.29) is 6.04 Å². The van der Waals surface area contributed by atoms with Crippen molar-refractivity contribution in [2.75, 3.05) is 20.1 Å². The van der Waals surface area contributed by atoms with E-state index in [0.29, 0.717) is 31.3 Å². The number of likely N-dealkylation sites (tertiary alicyclic amines) is 1. The molecule has 3 heterocycles. The molecule has 0 aliphatic carbocycles.